The molecule has 1 aromatic carbocycles. The largest absolute Gasteiger partial charge is 0.306 e. The third-order valence-electron chi connectivity index (χ3n) is 2.58. The lowest BCUT2D eigenvalue weighted by Gasteiger charge is -2.36. The Hall–Kier alpha value is -1.15. The summed E-state index contributed by atoms with van der Waals surface area (Å²) in [5, 5.41) is 0. The Kier molecular flexibility index (Phi) is 5.20. The van der Waals surface area contributed by atoms with Crippen LogP contribution in [0.15, 0.2) is 36.9 Å². The quantitative estimate of drug-likeness (QED) is 0.694. The van der Waals surface area contributed by atoms with Crippen molar-refractivity contribution in [1.29, 1.82) is 0 Å². The molecule has 1 heterocycles. The van der Waals surface area contributed by atoms with E-state index in [0.29, 0.717) is 0 Å². The van der Waals surface area contributed by atoms with E-state index < -0.39 is 0 Å². The summed E-state index contributed by atoms with van der Waals surface area (Å²) in [6, 6.07) is 6.84. The van der Waals surface area contributed by atoms with Gasteiger partial charge >= 0.3 is 0 Å². The molecule has 0 unspecified atom stereocenters. The third kappa shape index (κ3) is 4.15. The van der Waals surface area contributed by atoms with Gasteiger partial charge in [-0.05, 0) is 44.0 Å². The normalized spacial score (nSPS) is 15.9. The Morgan fingerprint density at radius 1 is 1.38 bits per heavy atom. The molecular formula is C14H20FN. The van der Waals surface area contributed by atoms with Crippen molar-refractivity contribution in [2.45, 2.75) is 13.3 Å². The van der Waals surface area contributed by atoms with Gasteiger partial charge in [-0.3, -0.25) is 0 Å². The molecular weight excluding hydrogens is 201 g/mol. The van der Waals surface area contributed by atoms with Gasteiger partial charge in [0.1, 0.15) is 5.82 Å². The van der Waals surface area contributed by atoms with Crippen molar-refractivity contribution in [2.24, 2.45) is 5.92 Å². The molecule has 2 heteroatoms. The first-order valence-electron chi connectivity index (χ1n) is 5.65. The van der Waals surface area contributed by atoms with Crippen LogP contribution in [0.5, 0.6) is 0 Å². The summed E-state index contributed by atoms with van der Waals surface area (Å²) >= 11 is 0. The monoisotopic (exact) mass is 221 g/mol. The highest BCUT2D eigenvalue weighted by atomic mass is 19.1. The van der Waals surface area contributed by atoms with Gasteiger partial charge in [0.15, 0.2) is 0 Å². The second kappa shape index (κ2) is 6.44. The maximum atomic E-state index is 12.6. The zero-order chi connectivity index (χ0) is 12.0. The number of hydrogen-bond donors (Lipinski definition) is 0. The van der Waals surface area contributed by atoms with Gasteiger partial charge in [-0.15, -0.1) is 6.58 Å². The number of rotatable bonds is 2. The molecule has 0 N–H and O–H groups in total. The van der Waals surface area contributed by atoms with E-state index >= 15 is 0 Å². The number of halogens is 1. The highest BCUT2D eigenvalue weighted by Gasteiger charge is 2.22. The molecule has 0 radical (unpaired) electrons. The van der Waals surface area contributed by atoms with Crippen LogP contribution in [-0.4, -0.2) is 25.0 Å². The fourth-order valence-electron chi connectivity index (χ4n) is 1.91. The van der Waals surface area contributed by atoms with Crippen molar-refractivity contribution in [2.75, 3.05) is 20.1 Å². The van der Waals surface area contributed by atoms with Gasteiger partial charge in [0.2, 0.25) is 0 Å². The average Bonchev–Trinajstić information content (AvgIpc) is 2.20. The lowest BCUT2D eigenvalue weighted by Crippen LogP contribution is -2.44. The van der Waals surface area contributed by atoms with Gasteiger partial charge in [-0.2, -0.15) is 0 Å². The molecule has 1 aliphatic heterocycles. The molecule has 1 saturated heterocycles. The Balaban J connectivity index is 0.000000386. The van der Waals surface area contributed by atoms with Gasteiger partial charge < -0.3 is 4.90 Å². The van der Waals surface area contributed by atoms with Gasteiger partial charge in [0, 0.05) is 13.1 Å². The Labute approximate surface area is 97.6 Å². The molecule has 0 bridgehead atoms. The summed E-state index contributed by atoms with van der Waals surface area (Å²) in [5.74, 6) is 0.630. The molecule has 0 spiro atoms. The van der Waals surface area contributed by atoms with Crippen molar-refractivity contribution >= 4 is 0 Å². The molecule has 1 aromatic rings. The predicted molar refractivity (Wildman–Crippen MR) is 67.0 cm³/mol. The van der Waals surface area contributed by atoms with Crippen LogP contribution in [0.3, 0.4) is 0 Å². The standard InChI is InChI=1S/C11H14FN.C3H6/c1-13-7-10(8-13)6-9-2-4-11(12)5-3-9;1-3-2/h2-5,10H,6-8H2,1H3;3H,1H2,2H3. The van der Waals surface area contributed by atoms with Crippen LogP contribution < -0.4 is 0 Å². The summed E-state index contributed by atoms with van der Waals surface area (Å²) in [6.07, 6.45) is 2.84. The van der Waals surface area contributed by atoms with Crippen LogP contribution in [0.25, 0.3) is 0 Å². The molecule has 1 fully saturated rings. The predicted octanol–water partition coefficient (Wildman–Crippen LogP) is 3.12. The lowest BCUT2D eigenvalue weighted by atomic mass is 9.93. The maximum absolute atomic E-state index is 12.6. The second-order valence-corrected chi connectivity index (χ2v) is 4.33. The summed E-state index contributed by atoms with van der Waals surface area (Å²) < 4.78 is 12.6. The van der Waals surface area contributed by atoms with Crippen LogP contribution in [0.4, 0.5) is 4.39 Å². The van der Waals surface area contributed by atoms with Crippen molar-refractivity contribution < 1.29 is 4.39 Å². The summed E-state index contributed by atoms with van der Waals surface area (Å²) in [6.45, 7) is 7.61. The smallest absolute Gasteiger partial charge is 0.123 e. The van der Waals surface area contributed by atoms with E-state index in [4.69, 9.17) is 0 Å². The van der Waals surface area contributed by atoms with E-state index in [1.54, 1.807) is 6.08 Å². The lowest BCUT2D eigenvalue weighted by molar-refractivity contribution is 0.134. The highest BCUT2D eigenvalue weighted by molar-refractivity contribution is 5.17. The number of allylic oxidation sites excluding steroid dienone is 1. The van der Waals surface area contributed by atoms with Gasteiger partial charge in [-0.1, -0.05) is 18.2 Å². The SMILES string of the molecule is C=CC.CN1CC(Cc2ccc(F)cc2)C1. The fraction of sp³-hybridized carbons (Fsp3) is 0.429. The molecule has 0 atom stereocenters. The first-order valence-corrected chi connectivity index (χ1v) is 5.65. The minimum atomic E-state index is -0.144. The van der Waals surface area contributed by atoms with Gasteiger partial charge in [0.05, 0.1) is 0 Å². The van der Waals surface area contributed by atoms with Crippen LogP contribution in [-0.2, 0) is 6.42 Å². The van der Waals surface area contributed by atoms with Crippen molar-refractivity contribution in [1.82, 2.24) is 4.90 Å². The highest BCUT2D eigenvalue weighted by Crippen LogP contribution is 2.18. The molecule has 0 aromatic heterocycles. The van der Waals surface area contributed by atoms with Gasteiger partial charge in [-0.25, -0.2) is 4.39 Å². The second-order valence-electron chi connectivity index (χ2n) is 4.33. The van der Waals surface area contributed by atoms with E-state index in [2.05, 4.69) is 18.5 Å². The minimum absolute atomic E-state index is 0.144. The Morgan fingerprint density at radius 3 is 2.31 bits per heavy atom. The Bertz CT molecular complexity index is 312. The van der Waals surface area contributed by atoms with Crippen LogP contribution >= 0.6 is 0 Å². The summed E-state index contributed by atoms with van der Waals surface area (Å²) in [5.41, 5.74) is 1.25. The summed E-state index contributed by atoms with van der Waals surface area (Å²) in [4.78, 5) is 2.30. The van der Waals surface area contributed by atoms with Crippen LogP contribution in [0.2, 0.25) is 0 Å². The molecule has 16 heavy (non-hydrogen) atoms. The maximum Gasteiger partial charge on any atom is 0.123 e. The number of benzene rings is 1. The van der Waals surface area contributed by atoms with Crippen molar-refractivity contribution in [3.63, 3.8) is 0 Å². The number of hydrogen-bond acceptors (Lipinski definition) is 1. The average molecular weight is 221 g/mol. The molecule has 0 amide bonds. The molecule has 0 saturated carbocycles. The fourth-order valence-corrected chi connectivity index (χ4v) is 1.91. The van der Waals surface area contributed by atoms with Crippen molar-refractivity contribution in [3.8, 4) is 0 Å². The van der Waals surface area contributed by atoms with Crippen LogP contribution in [0, 0.1) is 11.7 Å². The van der Waals surface area contributed by atoms with E-state index in [-0.39, 0.29) is 5.82 Å². The topological polar surface area (TPSA) is 3.24 Å². The van der Waals surface area contributed by atoms with E-state index in [9.17, 15) is 4.39 Å². The molecule has 1 aliphatic rings. The minimum Gasteiger partial charge on any atom is -0.306 e. The molecule has 88 valence electrons. The number of nitrogens with zero attached hydrogens (tertiary/aromatic N) is 1. The Morgan fingerprint density at radius 2 is 1.88 bits per heavy atom. The zero-order valence-corrected chi connectivity index (χ0v) is 10.1. The van der Waals surface area contributed by atoms with Crippen molar-refractivity contribution in [3.05, 3.63) is 48.3 Å². The van der Waals surface area contributed by atoms with Gasteiger partial charge in [0.25, 0.3) is 0 Å². The first kappa shape index (κ1) is 12.9. The van der Waals surface area contributed by atoms with E-state index in [1.165, 1.54) is 30.8 Å². The number of likely N-dealkylation sites (tertiary alicyclic amines) is 1. The third-order valence-corrected chi connectivity index (χ3v) is 2.58. The van der Waals surface area contributed by atoms with Crippen LogP contribution in [0.1, 0.15) is 12.5 Å². The molecule has 1 nitrogen and oxygen atoms in total. The molecule has 2 rings (SSSR count). The molecule has 0 aliphatic carbocycles. The van der Waals surface area contributed by atoms with E-state index in [0.717, 1.165) is 12.3 Å². The first-order chi connectivity index (χ1) is 7.65. The zero-order valence-electron chi connectivity index (χ0n) is 10.1. The van der Waals surface area contributed by atoms with E-state index in [1.807, 2.05) is 19.1 Å². The summed E-state index contributed by atoms with van der Waals surface area (Å²) in [7, 11) is 2.13.